The highest BCUT2D eigenvalue weighted by Gasteiger charge is 2.44. The quantitative estimate of drug-likeness (QED) is 0.423. The van der Waals surface area contributed by atoms with Crippen LogP contribution in [-0.2, 0) is 4.79 Å². The molecule has 9 heteroatoms. The Morgan fingerprint density at radius 1 is 1.05 bits per heavy atom. The van der Waals surface area contributed by atoms with Gasteiger partial charge in [0.05, 0.1) is 28.5 Å². The highest BCUT2D eigenvalue weighted by molar-refractivity contribution is 6.30. The summed E-state index contributed by atoms with van der Waals surface area (Å²) in [7, 11) is 0. The van der Waals surface area contributed by atoms with Gasteiger partial charge in [-0.2, -0.15) is 5.10 Å². The van der Waals surface area contributed by atoms with Gasteiger partial charge < -0.3 is 4.90 Å². The van der Waals surface area contributed by atoms with Crippen molar-refractivity contribution in [2.75, 3.05) is 26.2 Å². The van der Waals surface area contributed by atoms with E-state index in [1.165, 1.54) is 18.3 Å². The molecule has 0 saturated carbocycles. The fourth-order valence-electron chi connectivity index (χ4n) is 5.77. The number of aromatic nitrogens is 3. The lowest BCUT2D eigenvalue weighted by atomic mass is 9.88. The van der Waals surface area contributed by atoms with E-state index in [9.17, 15) is 13.6 Å². The van der Waals surface area contributed by atoms with Gasteiger partial charge in [-0.15, -0.1) is 0 Å². The first kappa shape index (κ1) is 26.8. The predicted molar refractivity (Wildman–Crippen MR) is 144 cm³/mol. The van der Waals surface area contributed by atoms with Crippen LogP contribution in [0.2, 0.25) is 5.02 Å². The highest BCUT2D eigenvalue weighted by atomic mass is 35.5. The predicted octanol–water partition coefficient (Wildman–Crippen LogP) is 5.73. The maximum atomic E-state index is 13.9. The van der Waals surface area contributed by atoms with Crippen LogP contribution in [0, 0.1) is 24.5 Å². The van der Waals surface area contributed by atoms with Gasteiger partial charge in [-0.3, -0.25) is 14.7 Å². The molecule has 6 nitrogen and oxygen atoms in total. The number of nitrogens with zero attached hydrogens (tertiary/aromatic N) is 5. The molecule has 2 aliphatic rings. The molecule has 0 bridgehead atoms. The van der Waals surface area contributed by atoms with Crippen molar-refractivity contribution in [2.45, 2.75) is 57.9 Å². The summed E-state index contributed by atoms with van der Waals surface area (Å²) in [5, 5.41) is 4.70. The SMILES string of the molecule is Cc1cc(C2CCN(C(=O)[C@@H]3CN(C(C)(C)C)C[C@H]3c3ccc(F)cn3)CC2)n(-c2ccc(F)c(Cl)c2)n1. The molecule has 1 amide bonds. The number of benzene rings is 1. The molecule has 2 aliphatic heterocycles. The maximum Gasteiger partial charge on any atom is 0.227 e. The number of aryl methyl sites for hydroxylation is 1. The van der Waals surface area contributed by atoms with Crippen LogP contribution in [0.1, 0.15) is 62.5 Å². The van der Waals surface area contributed by atoms with Crippen LogP contribution in [0.4, 0.5) is 8.78 Å². The first-order valence-electron chi connectivity index (χ1n) is 13.2. The van der Waals surface area contributed by atoms with Crippen molar-refractivity contribution in [3.8, 4) is 5.69 Å². The Bertz CT molecular complexity index is 1310. The molecule has 2 atom stereocenters. The number of rotatable bonds is 4. The molecule has 38 heavy (non-hydrogen) atoms. The zero-order chi connectivity index (χ0) is 27.2. The lowest BCUT2D eigenvalue weighted by Crippen LogP contribution is -2.44. The number of pyridine rings is 1. The van der Waals surface area contributed by atoms with Gasteiger partial charge in [0.15, 0.2) is 0 Å². The van der Waals surface area contributed by atoms with Crippen molar-refractivity contribution < 1.29 is 13.6 Å². The third kappa shape index (κ3) is 5.34. The highest BCUT2D eigenvalue weighted by Crippen LogP contribution is 2.38. The molecule has 0 aliphatic carbocycles. The fourth-order valence-corrected chi connectivity index (χ4v) is 5.95. The number of halogens is 3. The van der Waals surface area contributed by atoms with Gasteiger partial charge in [-0.25, -0.2) is 13.5 Å². The first-order chi connectivity index (χ1) is 18.0. The molecule has 2 aromatic heterocycles. The Hall–Kier alpha value is -2.84. The monoisotopic (exact) mass is 541 g/mol. The minimum absolute atomic E-state index is 0.0630. The van der Waals surface area contributed by atoms with E-state index < -0.39 is 5.82 Å². The van der Waals surface area contributed by atoms with Crippen molar-refractivity contribution in [1.82, 2.24) is 24.6 Å². The van der Waals surface area contributed by atoms with Crippen LogP contribution >= 0.6 is 11.6 Å². The molecular weight excluding hydrogens is 508 g/mol. The van der Waals surface area contributed by atoms with Crippen molar-refractivity contribution >= 4 is 17.5 Å². The molecule has 1 aromatic carbocycles. The Morgan fingerprint density at radius 3 is 2.42 bits per heavy atom. The number of piperidine rings is 1. The molecule has 0 N–H and O–H groups in total. The Morgan fingerprint density at radius 2 is 1.79 bits per heavy atom. The van der Waals surface area contributed by atoms with Gasteiger partial charge in [-0.05, 0) is 76.9 Å². The second kappa shape index (κ2) is 10.4. The standard InChI is InChI=1S/C29H34ClF2N5O/c1-18-13-27(37(34-18)21-6-7-25(32)24(30)14-21)19-9-11-35(12-10-19)28(38)23-17-36(29(2,3)4)16-22(23)26-8-5-20(31)15-33-26/h5-8,13-15,19,22-23H,9-12,16-17H2,1-4H3/t22-,23-/m1/s1. The lowest BCUT2D eigenvalue weighted by molar-refractivity contribution is -0.136. The summed E-state index contributed by atoms with van der Waals surface area (Å²) in [5.74, 6) is -0.777. The van der Waals surface area contributed by atoms with Gasteiger partial charge in [-0.1, -0.05) is 11.6 Å². The van der Waals surface area contributed by atoms with Crippen LogP contribution in [0.3, 0.4) is 0 Å². The third-order valence-electron chi connectivity index (χ3n) is 7.95. The van der Waals surface area contributed by atoms with Gasteiger partial charge in [0.1, 0.15) is 11.6 Å². The topological polar surface area (TPSA) is 54.3 Å². The maximum absolute atomic E-state index is 13.9. The van der Waals surface area contributed by atoms with E-state index in [4.69, 9.17) is 11.6 Å². The summed E-state index contributed by atoms with van der Waals surface area (Å²) in [6.45, 7) is 11.1. The van der Waals surface area contributed by atoms with E-state index in [0.29, 0.717) is 26.2 Å². The summed E-state index contributed by atoms with van der Waals surface area (Å²) in [4.78, 5) is 22.5. The number of hydrogen-bond donors (Lipinski definition) is 0. The number of carbonyl (C=O) groups excluding carboxylic acids is 1. The van der Waals surface area contributed by atoms with Gasteiger partial charge in [0.25, 0.3) is 0 Å². The molecule has 2 saturated heterocycles. The molecule has 202 valence electrons. The zero-order valence-corrected chi connectivity index (χ0v) is 23.1. The Balaban J connectivity index is 1.32. The summed E-state index contributed by atoms with van der Waals surface area (Å²) >= 11 is 6.04. The average molecular weight is 542 g/mol. The summed E-state index contributed by atoms with van der Waals surface area (Å²) in [5.41, 5.74) is 3.33. The van der Waals surface area contributed by atoms with Crippen molar-refractivity contribution in [3.05, 3.63) is 76.3 Å². The smallest absolute Gasteiger partial charge is 0.227 e. The van der Waals surface area contributed by atoms with Crippen LogP contribution in [0.25, 0.3) is 5.69 Å². The minimum Gasteiger partial charge on any atom is -0.342 e. The van der Waals surface area contributed by atoms with Crippen molar-refractivity contribution in [2.24, 2.45) is 5.92 Å². The fraction of sp³-hybridized carbons (Fsp3) is 0.483. The van der Waals surface area contributed by atoms with Crippen LogP contribution in [-0.4, -0.2) is 62.2 Å². The second-order valence-corrected chi connectivity index (χ2v) is 11.9. The second-order valence-electron chi connectivity index (χ2n) is 11.5. The van der Waals surface area contributed by atoms with Crippen LogP contribution < -0.4 is 0 Å². The first-order valence-corrected chi connectivity index (χ1v) is 13.6. The number of likely N-dealkylation sites (tertiary alicyclic amines) is 2. The normalized spacial score (nSPS) is 21.3. The molecule has 4 heterocycles. The van der Waals surface area contributed by atoms with E-state index in [0.717, 1.165) is 35.6 Å². The number of hydrogen-bond acceptors (Lipinski definition) is 4. The summed E-state index contributed by atoms with van der Waals surface area (Å²) in [6, 6.07) is 9.83. The van der Waals surface area contributed by atoms with Gasteiger partial charge in [0.2, 0.25) is 5.91 Å². The lowest BCUT2D eigenvalue weighted by Gasteiger charge is -2.35. The Kier molecular flexibility index (Phi) is 7.31. The summed E-state index contributed by atoms with van der Waals surface area (Å²) in [6.07, 6.45) is 2.85. The van der Waals surface area contributed by atoms with Gasteiger partial charge >= 0.3 is 0 Å². The summed E-state index contributed by atoms with van der Waals surface area (Å²) < 4.78 is 29.1. The number of carbonyl (C=O) groups is 1. The molecule has 0 radical (unpaired) electrons. The molecule has 2 fully saturated rings. The van der Waals surface area contributed by atoms with E-state index in [1.54, 1.807) is 18.2 Å². The molecule has 5 rings (SSSR count). The Labute approximate surface area is 227 Å². The van der Waals surface area contributed by atoms with Crippen LogP contribution in [0.15, 0.2) is 42.6 Å². The molecule has 3 aromatic rings. The third-order valence-corrected chi connectivity index (χ3v) is 8.24. The average Bonchev–Trinajstić information content (AvgIpc) is 3.50. The van der Waals surface area contributed by atoms with E-state index >= 15 is 0 Å². The molecule has 0 spiro atoms. The van der Waals surface area contributed by atoms with Gasteiger partial charge in [0, 0.05) is 54.9 Å². The minimum atomic E-state index is -0.459. The van der Waals surface area contributed by atoms with Crippen molar-refractivity contribution in [1.29, 1.82) is 0 Å². The molecule has 0 unspecified atom stereocenters. The van der Waals surface area contributed by atoms with Crippen LogP contribution in [0.5, 0.6) is 0 Å². The molecular formula is C29H34ClF2N5O. The van der Waals surface area contributed by atoms with E-state index in [2.05, 4.69) is 41.8 Å². The number of amides is 1. The van der Waals surface area contributed by atoms with E-state index in [1.807, 2.05) is 16.5 Å². The van der Waals surface area contributed by atoms with Crippen molar-refractivity contribution in [3.63, 3.8) is 0 Å². The van der Waals surface area contributed by atoms with E-state index in [-0.39, 0.29) is 40.0 Å². The largest absolute Gasteiger partial charge is 0.342 e. The zero-order valence-electron chi connectivity index (χ0n) is 22.3.